The molecule has 0 amide bonds. The molecular weight excluding hydrogens is 420 g/mol. The lowest BCUT2D eigenvalue weighted by Gasteiger charge is -2.52. The number of fused-ring (bicyclic) bond motifs is 4. The Morgan fingerprint density at radius 1 is 1.12 bits per heavy atom. The maximum absolute atomic E-state index is 12.1. The van der Waals surface area contributed by atoms with Gasteiger partial charge in [-0.1, -0.05) is 48.9 Å². The number of ketones is 1. The van der Waals surface area contributed by atoms with Crippen LogP contribution in [-0.4, -0.2) is 17.0 Å². The number of hydrogen-bond donors (Lipinski definition) is 1. The Balaban J connectivity index is 1.50. The van der Waals surface area contributed by atoms with Crippen LogP contribution in [-0.2, 0) is 4.79 Å². The van der Waals surface area contributed by atoms with Gasteiger partial charge in [-0.15, -0.1) is 0 Å². The molecule has 4 aliphatic carbocycles. The van der Waals surface area contributed by atoms with E-state index in [0.29, 0.717) is 24.7 Å². The number of aliphatic hydroxyl groups excluding tert-OH is 1. The van der Waals surface area contributed by atoms with Gasteiger partial charge in [-0.25, -0.2) is 0 Å². The Labute approximate surface area is 202 Å². The van der Waals surface area contributed by atoms with Crippen LogP contribution in [0.5, 0.6) is 0 Å². The Bertz CT molecular complexity index is 1150. The van der Waals surface area contributed by atoms with Crippen molar-refractivity contribution in [2.24, 2.45) is 23.2 Å². The molecule has 174 valence electrons. The molecule has 2 saturated carbocycles. The molecule has 0 aromatic heterocycles. The zero-order valence-corrected chi connectivity index (χ0v) is 19.8. The highest BCUT2D eigenvalue weighted by molar-refractivity contribution is 5.93. The molecule has 5 rings (SSSR count). The third kappa shape index (κ3) is 3.85. The Hall–Kier alpha value is -2.95. The van der Waals surface area contributed by atoms with E-state index in [4.69, 9.17) is 10.5 Å². The number of carbonyl (C=O) groups is 1. The molecule has 5 unspecified atom stereocenters. The van der Waals surface area contributed by atoms with Crippen LogP contribution < -0.4 is 0 Å². The quantitative estimate of drug-likeness (QED) is 0.606. The highest BCUT2D eigenvalue weighted by Gasteiger charge is 2.56. The van der Waals surface area contributed by atoms with Crippen LogP contribution in [0.2, 0.25) is 0 Å². The summed E-state index contributed by atoms with van der Waals surface area (Å²) in [5.74, 6) is 0.944. The lowest BCUT2D eigenvalue weighted by Crippen LogP contribution is -2.45. The summed E-state index contributed by atoms with van der Waals surface area (Å²) >= 11 is 0. The number of nitriles is 2. The molecule has 0 bridgehead atoms. The number of aliphatic hydroxyl groups is 1. The van der Waals surface area contributed by atoms with Gasteiger partial charge in [0.1, 0.15) is 5.92 Å². The van der Waals surface area contributed by atoms with Crippen molar-refractivity contribution in [2.75, 3.05) is 0 Å². The van der Waals surface area contributed by atoms with Crippen molar-refractivity contribution >= 4 is 11.9 Å². The van der Waals surface area contributed by atoms with Gasteiger partial charge in [0.15, 0.2) is 5.78 Å². The van der Waals surface area contributed by atoms with E-state index >= 15 is 0 Å². The monoisotopic (exact) mass is 452 g/mol. The Morgan fingerprint density at radius 3 is 2.62 bits per heavy atom. The van der Waals surface area contributed by atoms with Gasteiger partial charge in [-0.3, -0.25) is 4.79 Å². The Morgan fingerprint density at radius 2 is 1.88 bits per heavy atom. The van der Waals surface area contributed by atoms with Crippen molar-refractivity contribution in [2.45, 2.75) is 70.3 Å². The van der Waals surface area contributed by atoms with Gasteiger partial charge >= 0.3 is 0 Å². The van der Waals surface area contributed by atoms with E-state index in [0.717, 1.165) is 44.1 Å². The second kappa shape index (κ2) is 9.01. The number of nitrogens with zero attached hydrogens (tertiary/aromatic N) is 2. The fourth-order valence-electron chi connectivity index (χ4n) is 7.25. The highest BCUT2D eigenvalue weighted by Crippen LogP contribution is 2.63. The van der Waals surface area contributed by atoms with Gasteiger partial charge in [-0.2, -0.15) is 10.5 Å². The molecule has 34 heavy (non-hydrogen) atoms. The molecule has 4 aliphatic rings. The number of carbonyl (C=O) groups excluding carboxylic acids is 1. The van der Waals surface area contributed by atoms with Crippen molar-refractivity contribution in [3.8, 4) is 12.1 Å². The predicted molar refractivity (Wildman–Crippen MR) is 131 cm³/mol. The van der Waals surface area contributed by atoms with E-state index in [1.807, 2.05) is 30.4 Å². The van der Waals surface area contributed by atoms with Crippen molar-refractivity contribution in [3.05, 3.63) is 64.3 Å². The molecule has 0 aliphatic heterocycles. The lowest BCUT2D eigenvalue weighted by atomic mass is 9.53. The van der Waals surface area contributed by atoms with Crippen LogP contribution in [0, 0.1) is 45.8 Å². The molecule has 1 aromatic carbocycles. The molecule has 4 nitrogen and oxygen atoms in total. The zero-order valence-electron chi connectivity index (χ0n) is 19.8. The fraction of sp³-hybridized carbons (Fsp3) is 0.500. The summed E-state index contributed by atoms with van der Waals surface area (Å²) in [7, 11) is 0. The third-order valence-electron chi connectivity index (χ3n) is 9.01. The first-order valence-corrected chi connectivity index (χ1v) is 12.6. The fourth-order valence-corrected chi connectivity index (χ4v) is 7.25. The second-order valence-corrected chi connectivity index (χ2v) is 10.8. The van der Waals surface area contributed by atoms with E-state index < -0.39 is 5.92 Å². The van der Waals surface area contributed by atoms with Crippen molar-refractivity contribution in [1.29, 1.82) is 10.5 Å². The maximum Gasteiger partial charge on any atom is 0.156 e. The first-order chi connectivity index (χ1) is 16.4. The van der Waals surface area contributed by atoms with E-state index in [1.54, 1.807) is 5.57 Å². The zero-order chi connectivity index (χ0) is 23.9. The first kappa shape index (κ1) is 22.8. The van der Waals surface area contributed by atoms with Crippen molar-refractivity contribution in [3.63, 3.8) is 0 Å². The summed E-state index contributed by atoms with van der Waals surface area (Å²) in [6, 6.07) is 12.6. The van der Waals surface area contributed by atoms with Crippen LogP contribution in [0.4, 0.5) is 0 Å². The topological polar surface area (TPSA) is 84.9 Å². The number of hydrogen-bond acceptors (Lipinski definition) is 4. The van der Waals surface area contributed by atoms with Gasteiger partial charge in [0.25, 0.3) is 0 Å². The third-order valence-corrected chi connectivity index (χ3v) is 9.01. The van der Waals surface area contributed by atoms with Crippen LogP contribution in [0.1, 0.15) is 75.3 Å². The first-order valence-electron chi connectivity index (χ1n) is 12.6. The van der Waals surface area contributed by atoms with E-state index in [9.17, 15) is 9.90 Å². The molecule has 5 atom stereocenters. The standard InChI is InChI=1S/C30H32N2O2/c1-30-16-26(21-7-5-19(6-8-21)3-2-4-20(17-31)18-32)29-24-12-10-23(33)15-22(24)9-11-25(29)27(30)13-14-28(30)34/h2-3,5-8,15,20,25-28,34H,4,9-14,16H2,1H3/b3-2+. The molecule has 1 aromatic rings. The van der Waals surface area contributed by atoms with Crippen LogP contribution >= 0.6 is 0 Å². The maximum atomic E-state index is 12.1. The summed E-state index contributed by atoms with van der Waals surface area (Å²) in [6.45, 7) is 2.30. The normalized spacial score (nSPS) is 32.6. The minimum Gasteiger partial charge on any atom is -0.393 e. The summed E-state index contributed by atoms with van der Waals surface area (Å²) in [4.78, 5) is 12.1. The minimum absolute atomic E-state index is 0.0622. The summed E-state index contributed by atoms with van der Waals surface area (Å²) in [5.41, 5.74) is 6.53. The minimum atomic E-state index is -0.606. The second-order valence-electron chi connectivity index (χ2n) is 10.8. The highest BCUT2D eigenvalue weighted by atomic mass is 16.3. The molecule has 0 saturated heterocycles. The van der Waals surface area contributed by atoms with E-state index in [-0.39, 0.29) is 23.2 Å². The van der Waals surface area contributed by atoms with Gasteiger partial charge in [0, 0.05) is 12.3 Å². The van der Waals surface area contributed by atoms with E-state index in [2.05, 4.69) is 31.2 Å². The molecule has 4 heteroatoms. The van der Waals surface area contributed by atoms with Crippen molar-refractivity contribution in [1.82, 2.24) is 0 Å². The summed E-state index contributed by atoms with van der Waals surface area (Å²) in [6.07, 6.45) is 12.5. The molecule has 2 fully saturated rings. The van der Waals surface area contributed by atoms with Gasteiger partial charge in [0.05, 0.1) is 18.2 Å². The van der Waals surface area contributed by atoms with Crippen LogP contribution in [0.3, 0.4) is 0 Å². The Kier molecular flexibility index (Phi) is 6.05. The summed E-state index contributed by atoms with van der Waals surface area (Å²) < 4.78 is 0. The number of allylic oxidation sites excluding steroid dienone is 5. The smallest absolute Gasteiger partial charge is 0.156 e. The molecule has 0 radical (unpaired) electrons. The summed E-state index contributed by atoms with van der Waals surface area (Å²) in [5, 5.41) is 28.9. The van der Waals surface area contributed by atoms with Crippen LogP contribution in [0.25, 0.3) is 6.08 Å². The van der Waals surface area contributed by atoms with Gasteiger partial charge < -0.3 is 5.11 Å². The molecule has 1 N–H and O–H groups in total. The van der Waals surface area contributed by atoms with Crippen molar-refractivity contribution < 1.29 is 9.90 Å². The largest absolute Gasteiger partial charge is 0.393 e. The SMILES string of the molecule is CC12CC(c3ccc(/C=C/CC(C#N)C#N)cc3)C3=C4CCC(=O)C=C4CCC3C1CCC2O. The average Bonchev–Trinajstić information content (AvgIpc) is 3.15. The van der Waals surface area contributed by atoms with Crippen LogP contribution in [0.15, 0.2) is 53.1 Å². The lowest BCUT2D eigenvalue weighted by molar-refractivity contribution is -0.114. The van der Waals surface area contributed by atoms with Gasteiger partial charge in [0.2, 0.25) is 0 Å². The molecule has 0 spiro atoms. The van der Waals surface area contributed by atoms with E-state index in [1.165, 1.54) is 16.7 Å². The predicted octanol–water partition coefficient (Wildman–Crippen LogP) is 6.01. The number of rotatable bonds is 4. The average molecular weight is 453 g/mol. The molecular formula is C30H32N2O2. The molecule has 0 heterocycles. The van der Waals surface area contributed by atoms with Gasteiger partial charge in [-0.05, 0) is 90.5 Å². The number of benzene rings is 1.